The van der Waals surface area contributed by atoms with Gasteiger partial charge < -0.3 is 5.73 Å². The number of benzene rings is 2. The summed E-state index contributed by atoms with van der Waals surface area (Å²) in [5.41, 5.74) is 8.43. The Morgan fingerprint density at radius 2 is 2.00 bits per heavy atom. The number of nitrogens with zero attached hydrogens (tertiary/aromatic N) is 3. The average molecular weight is 354 g/mol. The van der Waals surface area contributed by atoms with Gasteiger partial charge in [-0.3, -0.25) is 0 Å². The van der Waals surface area contributed by atoms with Crippen LogP contribution in [0.15, 0.2) is 36.4 Å². The van der Waals surface area contributed by atoms with E-state index in [1.54, 1.807) is 10.7 Å². The third-order valence-electron chi connectivity index (χ3n) is 2.65. The first-order valence-corrected chi connectivity index (χ1v) is 6.30. The fourth-order valence-corrected chi connectivity index (χ4v) is 2.27. The predicted octanol–water partition coefficient (Wildman–Crippen LogP) is 2.75. The van der Waals surface area contributed by atoms with Crippen LogP contribution in [-0.4, -0.2) is 15.0 Å². The van der Waals surface area contributed by atoms with E-state index >= 15 is 0 Å². The number of fused-ring (bicyclic) bond motifs is 1. The van der Waals surface area contributed by atoms with Crippen LogP contribution >= 0.6 is 22.6 Å². The summed E-state index contributed by atoms with van der Waals surface area (Å²) in [6.07, 6.45) is 0. The van der Waals surface area contributed by atoms with Crippen molar-refractivity contribution in [2.45, 2.75) is 0 Å². The van der Waals surface area contributed by atoms with E-state index < -0.39 is 0 Å². The lowest BCUT2D eigenvalue weighted by Gasteiger charge is -2.07. The van der Waals surface area contributed by atoms with Gasteiger partial charge >= 0.3 is 0 Å². The number of hydrogen-bond donors (Lipinski definition) is 1. The van der Waals surface area contributed by atoms with Crippen molar-refractivity contribution in [2.75, 3.05) is 5.73 Å². The zero-order valence-corrected chi connectivity index (χ0v) is 11.3. The highest BCUT2D eigenvalue weighted by Crippen LogP contribution is 2.25. The number of nitrogens with two attached hydrogens (primary N) is 1. The molecule has 2 N–H and O–H groups in total. The molecule has 0 fully saturated rings. The number of nitrogen functional groups attached to an aromatic ring is 1. The van der Waals surface area contributed by atoms with E-state index in [1.165, 1.54) is 6.07 Å². The highest BCUT2D eigenvalue weighted by Gasteiger charge is 2.11. The molecule has 3 rings (SSSR count). The van der Waals surface area contributed by atoms with E-state index in [0.717, 1.165) is 11.0 Å². The Labute approximate surface area is 116 Å². The number of hydrogen-bond acceptors (Lipinski definition) is 3. The molecule has 18 heavy (non-hydrogen) atoms. The second-order valence-electron chi connectivity index (χ2n) is 3.82. The zero-order chi connectivity index (χ0) is 12.7. The second-order valence-corrected chi connectivity index (χ2v) is 4.98. The van der Waals surface area contributed by atoms with Crippen molar-refractivity contribution in [1.29, 1.82) is 0 Å². The monoisotopic (exact) mass is 354 g/mol. The molecule has 0 unspecified atom stereocenters. The minimum Gasteiger partial charge on any atom is -0.397 e. The third-order valence-corrected chi connectivity index (χ3v) is 3.48. The Kier molecular flexibility index (Phi) is 2.66. The molecule has 0 bridgehead atoms. The highest BCUT2D eigenvalue weighted by atomic mass is 127. The first-order valence-electron chi connectivity index (χ1n) is 5.22. The Balaban J connectivity index is 2.29. The predicted molar refractivity (Wildman–Crippen MR) is 76.0 cm³/mol. The molecule has 2 aromatic carbocycles. The average Bonchev–Trinajstić information content (AvgIpc) is 2.78. The Morgan fingerprint density at radius 3 is 2.83 bits per heavy atom. The van der Waals surface area contributed by atoms with E-state index in [1.807, 2.05) is 46.9 Å². The van der Waals surface area contributed by atoms with Gasteiger partial charge in [-0.05, 0) is 40.8 Å². The van der Waals surface area contributed by atoms with Crippen LogP contribution in [0.5, 0.6) is 0 Å². The molecule has 1 aromatic heterocycles. The van der Waals surface area contributed by atoms with Gasteiger partial charge in [0.2, 0.25) is 0 Å². The van der Waals surface area contributed by atoms with Crippen LogP contribution in [-0.2, 0) is 0 Å². The van der Waals surface area contributed by atoms with Crippen molar-refractivity contribution in [3.8, 4) is 5.69 Å². The summed E-state index contributed by atoms with van der Waals surface area (Å²) in [4.78, 5) is 0. The van der Waals surface area contributed by atoms with Gasteiger partial charge in [0.1, 0.15) is 11.3 Å². The van der Waals surface area contributed by atoms with Crippen LogP contribution in [0.4, 0.5) is 10.1 Å². The van der Waals surface area contributed by atoms with Gasteiger partial charge in [0, 0.05) is 6.07 Å². The van der Waals surface area contributed by atoms with E-state index in [-0.39, 0.29) is 5.82 Å². The number of anilines is 1. The lowest BCUT2D eigenvalue weighted by molar-refractivity contribution is 0.618. The van der Waals surface area contributed by atoms with E-state index in [4.69, 9.17) is 5.73 Å². The SMILES string of the molecule is Nc1cc(I)c(F)cc1-n1nnc2ccccc21. The minimum atomic E-state index is -0.320. The summed E-state index contributed by atoms with van der Waals surface area (Å²) in [5, 5.41) is 8.04. The summed E-state index contributed by atoms with van der Waals surface area (Å²) in [5.74, 6) is -0.320. The highest BCUT2D eigenvalue weighted by molar-refractivity contribution is 14.1. The van der Waals surface area contributed by atoms with Crippen molar-refractivity contribution >= 4 is 39.3 Å². The first kappa shape index (κ1) is 11.4. The van der Waals surface area contributed by atoms with Crippen LogP contribution in [0.2, 0.25) is 0 Å². The van der Waals surface area contributed by atoms with Crippen LogP contribution in [0.3, 0.4) is 0 Å². The maximum atomic E-state index is 13.6. The van der Waals surface area contributed by atoms with Gasteiger partial charge in [-0.15, -0.1) is 5.10 Å². The molecule has 4 nitrogen and oxygen atoms in total. The molecule has 0 aliphatic rings. The molecule has 6 heteroatoms. The van der Waals surface area contributed by atoms with Gasteiger partial charge in [-0.2, -0.15) is 0 Å². The first-order chi connectivity index (χ1) is 8.66. The molecule has 0 radical (unpaired) electrons. The van der Waals surface area contributed by atoms with Gasteiger partial charge in [0.15, 0.2) is 0 Å². The molecule has 90 valence electrons. The molecule has 0 saturated carbocycles. The van der Waals surface area contributed by atoms with Crippen molar-refractivity contribution < 1.29 is 4.39 Å². The lowest BCUT2D eigenvalue weighted by atomic mass is 10.2. The third kappa shape index (κ3) is 1.72. The molecule has 0 atom stereocenters. The number of para-hydroxylation sites is 1. The molecule has 0 aliphatic carbocycles. The van der Waals surface area contributed by atoms with Gasteiger partial charge in [0.05, 0.1) is 20.5 Å². The fraction of sp³-hybridized carbons (Fsp3) is 0. The van der Waals surface area contributed by atoms with Gasteiger partial charge in [0.25, 0.3) is 0 Å². The molecule has 0 aliphatic heterocycles. The maximum Gasteiger partial charge on any atom is 0.138 e. The smallest absolute Gasteiger partial charge is 0.138 e. The van der Waals surface area contributed by atoms with E-state index in [2.05, 4.69) is 10.3 Å². The standard InChI is InChI=1S/C12H8FIN4/c13-7-5-12(9(15)6-8(7)14)18-11-4-2-1-3-10(11)16-17-18/h1-6H,15H2. The van der Waals surface area contributed by atoms with Crippen molar-refractivity contribution in [3.05, 3.63) is 45.8 Å². The lowest BCUT2D eigenvalue weighted by Crippen LogP contribution is -2.03. The second kappa shape index (κ2) is 4.20. The summed E-state index contributed by atoms with van der Waals surface area (Å²) in [6, 6.07) is 10.4. The largest absolute Gasteiger partial charge is 0.397 e. The summed E-state index contributed by atoms with van der Waals surface area (Å²) < 4.78 is 15.7. The van der Waals surface area contributed by atoms with Crippen LogP contribution in [0.1, 0.15) is 0 Å². The molecular formula is C12H8FIN4. The van der Waals surface area contributed by atoms with Gasteiger partial charge in [-0.1, -0.05) is 17.3 Å². The zero-order valence-electron chi connectivity index (χ0n) is 9.14. The number of halogens is 2. The van der Waals surface area contributed by atoms with Crippen LogP contribution < -0.4 is 5.73 Å². The van der Waals surface area contributed by atoms with Crippen LogP contribution in [0.25, 0.3) is 16.7 Å². The minimum absolute atomic E-state index is 0.320. The van der Waals surface area contributed by atoms with Crippen molar-refractivity contribution in [3.63, 3.8) is 0 Å². The summed E-state index contributed by atoms with van der Waals surface area (Å²) in [7, 11) is 0. The summed E-state index contributed by atoms with van der Waals surface area (Å²) >= 11 is 1.90. The Hall–Kier alpha value is -1.70. The maximum absolute atomic E-state index is 13.6. The summed E-state index contributed by atoms with van der Waals surface area (Å²) in [6.45, 7) is 0. The van der Waals surface area contributed by atoms with E-state index in [0.29, 0.717) is 14.9 Å². The van der Waals surface area contributed by atoms with Crippen molar-refractivity contribution in [1.82, 2.24) is 15.0 Å². The van der Waals surface area contributed by atoms with Crippen molar-refractivity contribution in [2.24, 2.45) is 0 Å². The number of rotatable bonds is 1. The number of aromatic nitrogens is 3. The molecule has 1 heterocycles. The molecule has 0 spiro atoms. The molecular weight excluding hydrogens is 346 g/mol. The Morgan fingerprint density at radius 1 is 1.22 bits per heavy atom. The topological polar surface area (TPSA) is 56.7 Å². The Bertz CT molecular complexity index is 738. The van der Waals surface area contributed by atoms with Crippen LogP contribution in [0, 0.1) is 9.39 Å². The van der Waals surface area contributed by atoms with Gasteiger partial charge in [-0.25, -0.2) is 9.07 Å². The molecule has 0 amide bonds. The fourth-order valence-electron chi connectivity index (χ4n) is 1.78. The van der Waals surface area contributed by atoms with E-state index in [9.17, 15) is 4.39 Å². The molecule has 3 aromatic rings. The molecule has 0 saturated heterocycles. The normalized spacial score (nSPS) is 11.0. The quantitative estimate of drug-likeness (QED) is 0.540.